The smallest absolute Gasteiger partial charge is 0.314 e. The third-order valence-electron chi connectivity index (χ3n) is 2.64. The summed E-state index contributed by atoms with van der Waals surface area (Å²) in [5.74, 6) is -2.28. The molecule has 0 aliphatic carbocycles. The minimum atomic E-state index is -1.01. The van der Waals surface area contributed by atoms with E-state index < -0.39 is 17.9 Å². The Hall–Kier alpha value is -2.36. The molecule has 0 radical (unpaired) electrons. The third-order valence-corrected chi connectivity index (χ3v) is 2.64. The van der Waals surface area contributed by atoms with Crippen LogP contribution >= 0.6 is 0 Å². The first kappa shape index (κ1) is 15.7. The summed E-state index contributed by atoms with van der Waals surface area (Å²) in [6.45, 7) is 1.72. The maximum Gasteiger partial charge on any atom is 0.314 e. The number of esters is 1. The average Bonchev–Trinajstić information content (AvgIpc) is 2.44. The highest BCUT2D eigenvalue weighted by atomic mass is 16.5. The molecule has 106 valence electrons. The molecule has 1 rings (SSSR count). The summed E-state index contributed by atoms with van der Waals surface area (Å²) in [6.07, 6.45) is 7.19. The molecule has 0 aliphatic rings. The Labute approximate surface area is 118 Å². The number of hydrogen-bond donors (Lipinski definition) is 1. The lowest BCUT2D eigenvalue weighted by atomic mass is 10.0. The molecule has 1 N–H and O–H groups in total. The average molecular weight is 274 g/mol. The van der Waals surface area contributed by atoms with Crippen molar-refractivity contribution in [1.82, 2.24) is 0 Å². The van der Waals surface area contributed by atoms with Crippen molar-refractivity contribution >= 4 is 11.9 Å². The van der Waals surface area contributed by atoms with E-state index in [9.17, 15) is 14.7 Å². The van der Waals surface area contributed by atoms with Crippen molar-refractivity contribution in [3.05, 3.63) is 60.2 Å². The van der Waals surface area contributed by atoms with Crippen LogP contribution in [0.15, 0.2) is 54.6 Å². The molecule has 0 aromatic heterocycles. The molecule has 0 heterocycles. The summed E-state index contributed by atoms with van der Waals surface area (Å²) in [6, 6.07) is 8.73. The molecule has 1 atom stereocenters. The molecule has 1 unspecified atom stereocenters. The Kier molecular flexibility index (Phi) is 6.82. The molecular formula is C16H18O4. The molecular weight excluding hydrogens is 256 g/mol. The molecule has 4 heteroatoms. The normalized spacial score (nSPS) is 12.7. The van der Waals surface area contributed by atoms with Gasteiger partial charge in [0, 0.05) is 0 Å². The molecule has 1 aromatic carbocycles. The second kappa shape index (κ2) is 8.69. The van der Waals surface area contributed by atoms with Crippen molar-refractivity contribution in [2.75, 3.05) is 6.61 Å². The molecule has 0 fully saturated rings. The fraction of sp³-hybridized carbons (Fsp3) is 0.250. The zero-order chi connectivity index (χ0) is 14.8. The first-order valence-corrected chi connectivity index (χ1v) is 6.36. The van der Waals surface area contributed by atoms with Gasteiger partial charge in [0.25, 0.3) is 0 Å². The first-order valence-electron chi connectivity index (χ1n) is 6.36. The predicted molar refractivity (Wildman–Crippen MR) is 76.3 cm³/mol. The van der Waals surface area contributed by atoms with E-state index >= 15 is 0 Å². The first-order chi connectivity index (χ1) is 9.65. The fourth-order valence-corrected chi connectivity index (χ4v) is 1.58. The van der Waals surface area contributed by atoms with Crippen LogP contribution in [0.3, 0.4) is 0 Å². The van der Waals surface area contributed by atoms with Gasteiger partial charge in [0.1, 0.15) is 12.5 Å². The van der Waals surface area contributed by atoms with E-state index in [0.717, 1.165) is 0 Å². The number of benzene rings is 1. The number of carbonyl (C=O) groups excluding carboxylic acids is 1. The zero-order valence-corrected chi connectivity index (χ0v) is 11.4. The fourth-order valence-electron chi connectivity index (χ4n) is 1.58. The quantitative estimate of drug-likeness (QED) is 0.613. The lowest BCUT2D eigenvalue weighted by molar-refractivity contribution is -0.147. The number of carboxylic acids is 1. The molecule has 0 bridgehead atoms. The summed E-state index contributed by atoms with van der Waals surface area (Å²) in [5.41, 5.74) is 0.622. The lowest BCUT2D eigenvalue weighted by Crippen LogP contribution is -2.19. The minimum Gasteiger partial charge on any atom is -0.481 e. The van der Waals surface area contributed by atoms with Crippen LogP contribution in [-0.4, -0.2) is 23.7 Å². The highest BCUT2D eigenvalue weighted by Gasteiger charge is 2.21. The van der Waals surface area contributed by atoms with Gasteiger partial charge in [-0.05, 0) is 12.5 Å². The van der Waals surface area contributed by atoms with Gasteiger partial charge in [0.15, 0.2) is 0 Å². The van der Waals surface area contributed by atoms with Crippen LogP contribution in [0.25, 0.3) is 0 Å². The summed E-state index contributed by atoms with van der Waals surface area (Å²) in [4.78, 5) is 22.7. The van der Waals surface area contributed by atoms with Gasteiger partial charge in [-0.25, -0.2) is 0 Å². The van der Waals surface area contributed by atoms with Crippen molar-refractivity contribution < 1.29 is 19.4 Å². The van der Waals surface area contributed by atoms with Crippen LogP contribution in [0.5, 0.6) is 0 Å². The van der Waals surface area contributed by atoms with Crippen LogP contribution in [0.1, 0.15) is 24.8 Å². The molecule has 0 spiro atoms. The Balaban J connectivity index is 2.52. The Morgan fingerprint density at radius 1 is 1.25 bits per heavy atom. The number of aliphatic carboxylic acids is 1. The molecule has 4 nitrogen and oxygen atoms in total. The van der Waals surface area contributed by atoms with Crippen LogP contribution in [0.4, 0.5) is 0 Å². The van der Waals surface area contributed by atoms with Gasteiger partial charge in [0.05, 0.1) is 6.42 Å². The highest BCUT2D eigenvalue weighted by Crippen LogP contribution is 2.16. The highest BCUT2D eigenvalue weighted by molar-refractivity contribution is 5.77. The number of hydrogen-bond acceptors (Lipinski definition) is 3. The van der Waals surface area contributed by atoms with Gasteiger partial charge in [-0.3, -0.25) is 9.59 Å². The molecule has 0 amide bonds. The van der Waals surface area contributed by atoms with Gasteiger partial charge in [-0.15, -0.1) is 0 Å². The minimum absolute atomic E-state index is 0.130. The van der Waals surface area contributed by atoms with E-state index in [1.54, 1.807) is 48.6 Å². The van der Waals surface area contributed by atoms with Gasteiger partial charge in [-0.1, -0.05) is 54.6 Å². The second-order valence-electron chi connectivity index (χ2n) is 4.14. The van der Waals surface area contributed by atoms with Crippen LogP contribution < -0.4 is 0 Å². The van der Waals surface area contributed by atoms with E-state index in [4.69, 9.17) is 4.74 Å². The monoisotopic (exact) mass is 274 g/mol. The van der Waals surface area contributed by atoms with Crippen molar-refractivity contribution in [2.45, 2.75) is 19.3 Å². The second-order valence-corrected chi connectivity index (χ2v) is 4.14. The zero-order valence-electron chi connectivity index (χ0n) is 11.4. The number of allylic oxidation sites excluding steroid dienone is 3. The molecule has 0 saturated carbocycles. The van der Waals surface area contributed by atoms with Crippen molar-refractivity contribution in [1.29, 1.82) is 0 Å². The summed E-state index contributed by atoms with van der Waals surface area (Å²) >= 11 is 0. The molecule has 20 heavy (non-hydrogen) atoms. The largest absolute Gasteiger partial charge is 0.481 e. The van der Waals surface area contributed by atoms with Gasteiger partial charge in [0.2, 0.25) is 0 Å². The number of rotatable bonds is 7. The van der Waals surface area contributed by atoms with Crippen molar-refractivity contribution in [3.8, 4) is 0 Å². The lowest BCUT2D eigenvalue weighted by Gasteiger charge is -2.12. The van der Waals surface area contributed by atoms with E-state index in [-0.39, 0.29) is 13.0 Å². The maximum atomic E-state index is 11.5. The Morgan fingerprint density at radius 3 is 2.55 bits per heavy atom. The summed E-state index contributed by atoms with van der Waals surface area (Å²) < 4.78 is 5.00. The molecule has 0 saturated heterocycles. The Morgan fingerprint density at radius 2 is 1.95 bits per heavy atom. The van der Waals surface area contributed by atoms with Gasteiger partial charge < -0.3 is 9.84 Å². The van der Waals surface area contributed by atoms with Crippen LogP contribution in [0, 0.1) is 0 Å². The predicted octanol–water partition coefficient (Wildman–Crippen LogP) is 2.92. The van der Waals surface area contributed by atoms with Crippen molar-refractivity contribution in [3.63, 3.8) is 0 Å². The topological polar surface area (TPSA) is 63.6 Å². The van der Waals surface area contributed by atoms with Gasteiger partial charge in [-0.2, -0.15) is 0 Å². The number of ether oxygens (including phenoxy) is 1. The summed E-state index contributed by atoms with van der Waals surface area (Å²) in [7, 11) is 0. The van der Waals surface area contributed by atoms with Crippen molar-refractivity contribution in [2.24, 2.45) is 0 Å². The van der Waals surface area contributed by atoms with Gasteiger partial charge >= 0.3 is 11.9 Å². The van der Waals surface area contributed by atoms with Crippen LogP contribution in [0.2, 0.25) is 0 Å². The molecule has 0 aliphatic heterocycles. The summed E-state index contributed by atoms with van der Waals surface area (Å²) in [5, 5.41) is 9.17. The van der Waals surface area contributed by atoms with E-state index in [1.807, 2.05) is 13.0 Å². The van der Waals surface area contributed by atoms with E-state index in [1.165, 1.54) is 0 Å². The van der Waals surface area contributed by atoms with E-state index in [2.05, 4.69) is 0 Å². The third kappa shape index (κ3) is 5.52. The number of carboxylic acid groups (broad SMARTS) is 1. The number of carbonyl (C=O) groups is 2. The molecule has 1 aromatic rings. The maximum absolute atomic E-state index is 11.5. The standard InChI is InChI=1S/C16H18O4/c1-2-3-4-8-11-15(17)20-12-14(16(18)19)13-9-6-5-7-10-13/h2-10,14H,11-12H2,1H3,(H,18,19)/b3-2+,8-4+. The van der Waals surface area contributed by atoms with Crippen LogP contribution in [-0.2, 0) is 14.3 Å². The Bertz CT molecular complexity index is 488. The van der Waals surface area contributed by atoms with E-state index in [0.29, 0.717) is 5.56 Å². The SMILES string of the molecule is C/C=C/C=C/CC(=O)OCC(C(=O)O)c1ccccc1.